The van der Waals surface area contributed by atoms with E-state index in [1.807, 2.05) is 30.9 Å². The third kappa shape index (κ3) is 5.16. The van der Waals surface area contributed by atoms with Gasteiger partial charge >= 0.3 is 0 Å². The average molecular weight is 456 g/mol. The standard InChI is InChI=1S/C21H34BrNO3Si/c1-10-13-15-18(26-27(8,9)21(4,5)6)16(14-17(22)19(15)25-7)20(24)23(11-2)12-3/h10,14H,1,11-13H2,2-9H3. The first-order valence-corrected chi connectivity index (χ1v) is 13.1. The van der Waals surface area contributed by atoms with Crippen molar-refractivity contribution in [3.8, 4) is 11.5 Å². The number of carbonyl (C=O) groups is 1. The highest BCUT2D eigenvalue weighted by atomic mass is 79.9. The third-order valence-electron chi connectivity index (χ3n) is 5.28. The molecule has 0 unspecified atom stereocenters. The van der Waals surface area contributed by atoms with Gasteiger partial charge in [0.15, 0.2) is 0 Å². The lowest BCUT2D eigenvalue weighted by Gasteiger charge is -2.38. The summed E-state index contributed by atoms with van der Waals surface area (Å²) < 4.78 is 13.1. The van der Waals surface area contributed by atoms with Crippen LogP contribution in [0.15, 0.2) is 23.2 Å². The lowest BCUT2D eigenvalue weighted by atomic mass is 10.0. The second kappa shape index (κ2) is 9.28. The van der Waals surface area contributed by atoms with Gasteiger partial charge in [0.25, 0.3) is 14.2 Å². The summed E-state index contributed by atoms with van der Waals surface area (Å²) in [4.78, 5) is 15.1. The van der Waals surface area contributed by atoms with Gasteiger partial charge in [-0.05, 0) is 60.4 Å². The molecular weight excluding hydrogens is 422 g/mol. The summed E-state index contributed by atoms with van der Waals surface area (Å²) in [5.74, 6) is 1.31. The Bertz CT molecular complexity index is 692. The molecule has 1 aromatic carbocycles. The number of allylic oxidation sites excluding steroid dienone is 1. The zero-order valence-electron chi connectivity index (χ0n) is 18.0. The molecule has 1 amide bonds. The molecule has 0 spiro atoms. The Balaban J connectivity index is 3.76. The number of hydrogen-bond acceptors (Lipinski definition) is 3. The summed E-state index contributed by atoms with van der Waals surface area (Å²) >= 11 is 3.57. The Kier molecular flexibility index (Phi) is 8.17. The molecule has 0 saturated heterocycles. The van der Waals surface area contributed by atoms with Gasteiger partial charge in [-0.1, -0.05) is 26.8 Å². The Hall–Kier alpha value is -1.27. The van der Waals surface area contributed by atoms with Crippen LogP contribution in [0.25, 0.3) is 0 Å². The number of benzene rings is 1. The van der Waals surface area contributed by atoms with Crippen molar-refractivity contribution in [3.63, 3.8) is 0 Å². The lowest BCUT2D eigenvalue weighted by molar-refractivity contribution is 0.0770. The average Bonchev–Trinajstić information content (AvgIpc) is 2.57. The number of amides is 1. The molecule has 27 heavy (non-hydrogen) atoms. The molecular formula is C21H34BrNO3Si. The maximum atomic E-state index is 13.2. The molecule has 0 saturated carbocycles. The predicted molar refractivity (Wildman–Crippen MR) is 120 cm³/mol. The van der Waals surface area contributed by atoms with E-state index in [0.717, 1.165) is 10.0 Å². The van der Waals surface area contributed by atoms with E-state index in [0.29, 0.717) is 36.6 Å². The molecule has 0 aliphatic carbocycles. The van der Waals surface area contributed by atoms with Crippen molar-refractivity contribution in [1.82, 2.24) is 4.90 Å². The Morgan fingerprint density at radius 3 is 2.22 bits per heavy atom. The minimum Gasteiger partial charge on any atom is -0.543 e. The molecule has 4 nitrogen and oxygen atoms in total. The first kappa shape index (κ1) is 23.8. The normalized spacial score (nSPS) is 11.9. The smallest absolute Gasteiger partial charge is 0.257 e. The van der Waals surface area contributed by atoms with Gasteiger partial charge in [0.05, 0.1) is 17.1 Å². The molecule has 0 N–H and O–H groups in total. The summed E-state index contributed by atoms with van der Waals surface area (Å²) in [5.41, 5.74) is 1.44. The zero-order chi connectivity index (χ0) is 21.0. The molecule has 0 bridgehead atoms. The summed E-state index contributed by atoms with van der Waals surface area (Å²) in [6.45, 7) is 20.1. The van der Waals surface area contributed by atoms with Gasteiger partial charge in [-0.25, -0.2) is 0 Å². The Morgan fingerprint density at radius 1 is 1.26 bits per heavy atom. The van der Waals surface area contributed by atoms with Gasteiger partial charge in [-0.3, -0.25) is 4.79 Å². The minimum absolute atomic E-state index is 0.00821. The van der Waals surface area contributed by atoms with Gasteiger partial charge in [-0.2, -0.15) is 0 Å². The second-order valence-electron chi connectivity index (χ2n) is 8.08. The summed E-state index contributed by atoms with van der Waals surface area (Å²) in [5, 5.41) is 0.00821. The molecule has 0 aromatic heterocycles. The summed E-state index contributed by atoms with van der Waals surface area (Å²) in [7, 11) is -0.534. The van der Waals surface area contributed by atoms with E-state index >= 15 is 0 Å². The molecule has 1 aromatic rings. The molecule has 0 radical (unpaired) electrons. The third-order valence-corrected chi connectivity index (χ3v) is 10.2. The largest absolute Gasteiger partial charge is 0.543 e. The molecule has 152 valence electrons. The van der Waals surface area contributed by atoms with Crippen LogP contribution in [-0.4, -0.2) is 39.3 Å². The van der Waals surface area contributed by atoms with Gasteiger partial charge in [0.2, 0.25) is 0 Å². The fraction of sp³-hybridized carbons (Fsp3) is 0.571. The van der Waals surface area contributed by atoms with Crippen molar-refractivity contribution in [2.45, 2.75) is 59.2 Å². The van der Waals surface area contributed by atoms with Crippen LogP contribution in [0.3, 0.4) is 0 Å². The highest BCUT2D eigenvalue weighted by Gasteiger charge is 2.41. The van der Waals surface area contributed by atoms with Crippen molar-refractivity contribution in [1.29, 1.82) is 0 Å². The number of carbonyl (C=O) groups excluding carboxylic acids is 1. The van der Waals surface area contributed by atoms with E-state index in [2.05, 4.69) is 56.4 Å². The lowest BCUT2D eigenvalue weighted by Crippen LogP contribution is -2.44. The van der Waals surface area contributed by atoms with Crippen LogP contribution in [-0.2, 0) is 6.42 Å². The Labute approximate surface area is 174 Å². The second-order valence-corrected chi connectivity index (χ2v) is 13.7. The van der Waals surface area contributed by atoms with Crippen molar-refractivity contribution >= 4 is 30.2 Å². The molecule has 0 aliphatic rings. The van der Waals surface area contributed by atoms with Gasteiger partial charge in [0.1, 0.15) is 11.5 Å². The maximum Gasteiger partial charge on any atom is 0.257 e. The monoisotopic (exact) mass is 455 g/mol. The number of methoxy groups -OCH3 is 1. The SMILES string of the molecule is C=CCc1c(OC)c(Br)cc(C(=O)N(CC)CC)c1O[Si](C)(C)C(C)(C)C. The van der Waals surface area contributed by atoms with E-state index in [1.165, 1.54) is 0 Å². The summed E-state index contributed by atoms with van der Waals surface area (Å²) in [6, 6.07) is 1.83. The fourth-order valence-electron chi connectivity index (χ4n) is 2.58. The van der Waals surface area contributed by atoms with Gasteiger partial charge in [-0.15, -0.1) is 6.58 Å². The maximum absolute atomic E-state index is 13.2. The Morgan fingerprint density at radius 2 is 1.81 bits per heavy atom. The van der Waals surface area contributed by atoms with E-state index in [4.69, 9.17) is 9.16 Å². The van der Waals surface area contributed by atoms with Crippen LogP contribution in [0.5, 0.6) is 11.5 Å². The van der Waals surface area contributed by atoms with Gasteiger partial charge < -0.3 is 14.1 Å². The highest BCUT2D eigenvalue weighted by molar-refractivity contribution is 9.10. The van der Waals surface area contributed by atoms with E-state index in [1.54, 1.807) is 7.11 Å². The molecule has 6 heteroatoms. The zero-order valence-corrected chi connectivity index (χ0v) is 20.6. The van der Waals surface area contributed by atoms with E-state index in [9.17, 15) is 4.79 Å². The number of halogens is 1. The number of rotatable bonds is 8. The topological polar surface area (TPSA) is 38.8 Å². The first-order valence-electron chi connectivity index (χ1n) is 9.43. The number of ether oxygens (including phenoxy) is 1. The van der Waals surface area contributed by atoms with Gasteiger partial charge in [0, 0.05) is 18.7 Å². The van der Waals surface area contributed by atoms with Crippen molar-refractivity contribution in [2.24, 2.45) is 0 Å². The van der Waals surface area contributed by atoms with Crippen LogP contribution < -0.4 is 9.16 Å². The van der Waals surface area contributed by atoms with Crippen LogP contribution in [0.4, 0.5) is 0 Å². The van der Waals surface area contributed by atoms with Crippen LogP contribution in [0.1, 0.15) is 50.5 Å². The molecule has 0 aliphatic heterocycles. The van der Waals surface area contributed by atoms with Crippen LogP contribution in [0, 0.1) is 0 Å². The summed E-state index contributed by atoms with van der Waals surface area (Å²) in [6.07, 6.45) is 2.37. The molecule has 0 atom stereocenters. The molecule has 0 fully saturated rings. The van der Waals surface area contributed by atoms with E-state index < -0.39 is 8.32 Å². The fourth-order valence-corrected chi connectivity index (χ4v) is 4.26. The highest BCUT2D eigenvalue weighted by Crippen LogP contribution is 2.44. The van der Waals surface area contributed by atoms with E-state index in [-0.39, 0.29) is 10.9 Å². The molecule has 0 heterocycles. The van der Waals surface area contributed by atoms with Crippen molar-refractivity contribution in [3.05, 3.63) is 34.3 Å². The number of hydrogen-bond donors (Lipinski definition) is 0. The van der Waals surface area contributed by atoms with Crippen LogP contribution >= 0.6 is 15.9 Å². The predicted octanol–water partition coefficient (Wildman–Crippen LogP) is 6.05. The van der Waals surface area contributed by atoms with Crippen LogP contribution in [0.2, 0.25) is 18.1 Å². The number of nitrogens with zero attached hydrogens (tertiary/aromatic N) is 1. The van der Waals surface area contributed by atoms with Crippen molar-refractivity contribution < 1.29 is 14.0 Å². The first-order chi connectivity index (χ1) is 12.4. The molecule has 1 rings (SSSR count). The van der Waals surface area contributed by atoms with Crippen molar-refractivity contribution in [2.75, 3.05) is 20.2 Å². The quantitative estimate of drug-likeness (QED) is 0.353. The minimum atomic E-state index is -2.17.